The Morgan fingerprint density at radius 1 is 1.20 bits per heavy atom. The van der Waals surface area contributed by atoms with E-state index in [0.29, 0.717) is 18.0 Å². The zero-order valence-corrected chi connectivity index (χ0v) is 17.1. The Labute approximate surface area is 174 Å². The molecule has 2 aliphatic heterocycles. The van der Waals surface area contributed by atoms with Crippen LogP contribution in [0.4, 0.5) is 5.82 Å². The molecule has 9 nitrogen and oxygen atoms in total. The summed E-state index contributed by atoms with van der Waals surface area (Å²) in [6, 6.07) is 8.29. The van der Waals surface area contributed by atoms with Gasteiger partial charge < -0.3 is 24.6 Å². The quantitative estimate of drug-likeness (QED) is 0.657. The number of hydrogen-bond acceptors (Lipinski definition) is 8. The number of anilines is 1. The molecule has 3 aromatic rings. The zero-order valence-electron chi connectivity index (χ0n) is 17.1. The van der Waals surface area contributed by atoms with E-state index in [4.69, 9.17) is 14.2 Å². The number of aliphatic hydroxyl groups is 1. The Balaban J connectivity index is 1.43. The van der Waals surface area contributed by atoms with Crippen molar-refractivity contribution in [3.8, 4) is 0 Å². The number of fused-ring (bicyclic) bond motifs is 2. The summed E-state index contributed by atoms with van der Waals surface area (Å²) in [7, 11) is 0. The Bertz CT molecular complexity index is 1070. The fourth-order valence-corrected chi connectivity index (χ4v) is 4.23. The van der Waals surface area contributed by atoms with Crippen molar-refractivity contribution in [2.45, 2.75) is 57.5 Å². The van der Waals surface area contributed by atoms with Gasteiger partial charge in [0.1, 0.15) is 30.7 Å². The van der Waals surface area contributed by atoms with Crippen LogP contribution in [0.3, 0.4) is 0 Å². The molecule has 4 atom stereocenters. The number of ether oxygens (including phenoxy) is 3. The molecule has 2 fully saturated rings. The fourth-order valence-electron chi connectivity index (χ4n) is 4.23. The first-order valence-electron chi connectivity index (χ1n) is 10.1. The summed E-state index contributed by atoms with van der Waals surface area (Å²) in [6.45, 7) is 6.27. The first-order valence-corrected chi connectivity index (χ1v) is 10.1. The Morgan fingerprint density at radius 2 is 2.03 bits per heavy atom. The summed E-state index contributed by atoms with van der Waals surface area (Å²) in [6.07, 6.45) is 1.59. The first-order chi connectivity index (χ1) is 14.4. The second-order valence-corrected chi connectivity index (χ2v) is 8.21. The van der Waals surface area contributed by atoms with Crippen LogP contribution in [0.1, 0.15) is 36.8 Å². The largest absolute Gasteiger partial charge is 0.394 e. The van der Waals surface area contributed by atoms with E-state index in [1.165, 1.54) is 11.9 Å². The van der Waals surface area contributed by atoms with Crippen molar-refractivity contribution in [3.63, 3.8) is 0 Å². The van der Waals surface area contributed by atoms with Crippen LogP contribution in [0.2, 0.25) is 0 Å². The van der Waals surface area contributed by atoms with Gasteiger partial charge in [-0.15, -0.1) is 0 Å². The van der Waals surface area contributed by atoms with Crippen molar-refractivity contribution < 1.29 is 19.3 Å². The van der Waals surface area contributed by atoms with Gasteiger partial charge in [0.05, 0.1) is 18.5 Å². The normalized spacial score (nSPS) is 27.5. The lowest BCUT2D eigenvalue weighted by atomic mass is 10.1. The van der Waals surface area contributed by atoms with Gasteiger partial charge in [-0.3, -0.25) is 0 Å². The number of benzene rings is 1. The lowest BCUT2D eigenvalue weighted by Crippen LogP contribution is -2.31. The average Bonchev–Trinajstić information content (AvgIpc) is 3.37. The van der Waals surface area contributed by atoms with Gasteiger partial charge >= 0.3 is 0 Å². The van der Waals surface area contributed by atoms with Crippen LogP contribution in [0.5, 0.6) is 0 Å². The van der Waals surface area contributed by atoms with Crippen LogP contribution in [-0.2, 0) is 20.8 Å². The summed E-state index contributed by atoms with van der Waals surface area (Å²) in [5.74, 6) is -0.101. The van der Waals surface area contributed by atoms with Crippen LogP contribution >= 0.6 is 0 Å². The molecule has 0 aliphatic carbocycles. The Hall–Kier alpha value is -2.59. The minimum Gasteiger partial charge on any atom is -0.394 e. The number of aryl methyl sites for hydroxylation is 1. The lowest BCUT2D eigenvalue weighted by Gasteiger charge is -2.23. The minimum absolute atomic E-state index is 0.147. The van der Waals surface area contributed by atoms with E-state index in [1.807, 2.05) is 19.9 Å². The second kappa shape index (κ2) is 7.28. The second-order valence-electron chi connectivity index (χ2n) is 8.21. The van der Waals surface area contributed by atoms with Crippen LogP contribution in [-0.4, -0.2) is 55.4 Å². The van der Waals surface area contributed by atoms with Gasteiger partial charge in [-0.2, -0.15) is 5.10 Å². The summed E-state index contributed by atoms with van der Waals surface area (Å²) in [5.41, 5.74) is 3.70. The van der Waals surface area contributed by atoms with E-state index < -0.39 is 18.0 Å². The van der Waals surface area contributed by atoms with E-state index in [1.54, 1.807) is 10.7 Å². The maximum atomic E-state index is 9.74. The fraction of sp³-hybridized carbons (Fsp3) is 0.476. The predicted octanol–water partition coefficient (Wildman–Crippen LogP) is 2.00. The number of aliphatic hydroxyl groups excluding tert-OH is 1. The van der Waals surface area contributed by atoms with Crippen molar-refractivity contribution in [1.29, 1.82) is 0 Å². The molecule has 0 spiro atoms. The van der Waals surface area contributed by atoms with Crippen LogP contribution in [0.15, 0.2) is 36.8 Å². The van der Waals surface area contributed by atoms with Crippen molar-refractivity contribution >= 4 is 11.5 Å². The van der Waals surface area contributed by atoms with Gasteiger partial charge in [-0.05, 0) is 26.3 Å². The third kappa shape index (κ3) is 3.33. The summed E-state index contributed by atoms with van der Waals surface area (Å²) >= 11 is 0. The van der Waals surface area contributed by atoms with Crippen molar-refractivity contribution in [2.24, 2.45) is 0 Å². The van der Waals surface area contributed by atoms with E-state index in [9.17, 15) is 5.11 Å². The third-order valence-corrected chi connectivity index (χ3v) is 5.49. The van der Waals surface area contributed by atoms with Crippen LogP contribution in [0, 0.1) is 6.92 Å². The third-order valence-electron chi connectivity index (χ3n) is 5.49. The molecule has 4 heterocycles. The molecule has 9 heteroatoms. The average molecular weight is 411 g/mol. The van der Waals surface area contributed by atoms with E-state index in [-0.39, 0.29) is 18.8 Å². The standard InChI is InChI=1S/C21H25N5O4/c1-12-5-4-6-13(7-12)8-22-19-20-23-9-14(26(20)25-11-24-19)16-18-17(15(10-27)28-16)29-21(2,3)30-18/h4-7,9,11,15-18,27H,8,10H2,1-3H3,(H,22,24,25). The maximum Gasteiger partial charge on any atom is 0.197 e. The smallest absolute Gasteiger partial charge is 0.197 e. The monoisotopic (exact) mass is 411 g/mol. The lowest BCUT2D eigenvalue weighted by molar-refractivity contribution is -0.191. The van der Waals surface area contributed by atoms with Gasteiger partial charge in [0.25, 0.3) is 0 Å². The molecule has 0 radical (unpaired) electrons. The summed E-state index contributed by atoms with van der Waals surface area (Å²) in [4.78, 5) is 8.89. The molecule has 2 saturated heterocycles. The number of rotatable bonds is 5. The first kappa shape index (κ1) is 19.4. The summed E-state index contributed by atoms with van der Waals surface area (Å²) in [5, 5.41) is 17.5. The number of nitrogens with one attached hydrogen (secondary N) is 1. The summed E-state index contributed by atoms with van der Waals surface area (Å²) < 4.78 is 19.8. The van der Waals surface area contributed by atoms with Gasteiger partial charge in [0.2, 0.25) is 0 Å². The van der Waals surface area contributed by atoms with Gasteiger partial charge in [-0.1, -0.05) is 29.8 Å². The molecule has 1 aromatic carbocycles. The van der Waals surface area contributed by atoms with Crippen molar-refractivity contribution in [2.75, 3.05) is 11.9 Å². The number of nitrogens with zero attached hydrogens (tertiary/aromatic N) is 4. The van der Waals surface area contributed by atoms with Crippen LogP contribution in [0.25, 0.3) is 5.65 Å². The molecular weight excluding hydrogens is 386 g/mol. The zero-order chi connectivity index (χ0) is 20.9. The molecule has 2 aromatic heterocycles. The number of imidazole rings is 1. The van der Waals surface area contributed by atoms with E-state index in [0.717, 1.165) is 11.3 Å². The van der Waals surface area contributed by atoms with Crippen molar-refractivity contribution in [3.05, 3.63) is 53.6 Å². The molecule has 0 saturated carbocycles. The van der Waals surface area contributed by atoms with E-state index >= 15 is 0 Å². The number of aromatic nitrogens is 4. The molecule has 0 bridgehead atoms. The molecular formula is C21H25N5O4. The molecule has 30 heavy (non-hydrogen) atoms. The molecule has 0 amide bonds. The molecule has 4 unspecified atom stereocenters. The van der Waals surface area contributed by atoms with E-state index in [2.05, 4.69) is 45.5 Å². The molecule has 2 N–H and O–H groups in total. The van der Waals surface area contributed by atoms with Crippen LogP contribution < -0.4 is 5.32 Å². The van der Waals surface area contributed by atoms with Gasteiger partial charge in [0.15, 0.2) is 17.3 Å². The number of hydrogen-bond donors (Lipinski definition) is 2. The maximum absolute atomic E-state index is 9.74. The van der Waals surface area contributed by atoms with Gasteiger partial charge in [-0.25, -0.2) is 14.5 Å². The molecule has 5 rings (SSSR count). The highest BCUT2D eigenvalue weighted by atomic mass is 16.8. The highest BCUT2D eigenvalue weighted by molar-refractivity contribution is 5.62. The predicted molar refractivity (Wildman–Crippen MR) is 108 cm³/mol. The topological polar surface area (TPSA) is 103 Å². The van der Waals surface area contributed by atoms with Crippen molar-refractivity contribution in [1.82, 2.24) is 19.6 Å². The Morgan fingerprint density at radius 3 is 2.83 bits per heavy atom. The SMILES string of the molecule is Cc1cccc(CNc2ncnn3c(C4OC(CO)C5OC(C)(C)OC45)cnc23)c1. The molecule has 2 aliphatic rings. The highest BCUT2D eigenvalue weighted by Gasteiger charge is 2.56. The molecule has 158 valence electrons. The highest BCUT2D eigenvalue weighted by Crippen LogP contribution is 2.45. The Kier molecular flexibility index (Phi) is 4.70. The minimum atomic E-state index is -0.735. The van der Waals surface area contributed by atoms with Gasteiger partial charge in [0, 0.05) is 6.54 Å².